The van der Waals surface area contributed by atoms with Gasteiger partial charge in [0.15, 0.2) is 5.96 Å². The number of aliphatic hydroxyl groups excluding tert-OH is 1. The molecule has 0 unspecified atom stereocenters. The summed E-state index contributed by atoms with van der Waals surface area (Å²) in [6, 6.07) is 6.96. The van der Waals surface area contributed by atoms with Crippen molar-refractivity contribution in [1.82, 2.24) is 4.90 Å². The number of hydrogen-bond donors (Lipinski definition) is 4. The van der Waals surface area contributed by atoms with Gasteiger partial charge in [-0.2, -0.15) is 32.2 Å². The van der Waals surface area contributed by atoms with Crippen LogP contribution in [0.1, 0.15) is 41.5 Å². The summed E-state index contributed by atoms with van der Waals surface area (Å²) in [4.78, 5) is 10.1. The Morgan fingerprint density at radius 3 is 2.33 bits per heavy atom. The summed E-state index contributed by atoms with van der Waals surface area (Å²) < 4.78 is 84.9. The first-order chi connectivity index (χ1) is 18.7. The van der Waals surface area contributed by atoms with Gasteiger partial charge in [-0.25, -0.2) is 4.99 Å². The maximum atomic E-state index is 13.8. The number of aliphatic hydroxyl groups is 1. The molecule has 1 fully saturated rings. The number of benzene rings is 2. The molecule has 0 saturated carbocycles. The third-order valence-electron chi connectivity index (χ3n) is 6.31. The van der Waals surface area contributed by atoms with E-state index in [0.717, 1.165) is 24.3 Å². The van der Waals surface area contributed by atoms with Crippen molar-refractivity contribution in [3.63, 3.8) is 0 Å². The highest BCUT2D eigenvalue weighted by molar-refractivity contribution is 5.91. The maximum absolute atomic E-state index is 13.8. The fraction of sp³-hybridized carbons (Fsp3) is 0.385. The largest absolute Gasteiger partial charge is 0.493 e. The Morgan fingerprint density at radius 2 is 1.75 bits per heavy atom. The second-order valence-corrected chi connectivity index (χ2v) is 9.10. The first kappa shape index (κ1) is 30.8. The number of hydrogen-bond acceptors (Lipinski definition) is 6. The lowest BCUT2D eigenvalue weighted by molar-refractivity contribution is -0.139. The van der Waals surface area contributed by atoms with E-state index in [1.165, 1.54) is 23.1 Å². The molecule has 0 aliphatic carbocycles. The van der Waals surface area contributed by atoms with Crippen molar-refractivity contribution in [3.8, 4) is 5.75 Å². The van der Waals surface area contributed by atoms with Gasteiger partial charge in [-0.05, 0) is 61.6 Å². The van der Waals surface area contributed by atoms with Gasteiger partial charge in [0.05, 0.1) is 29.5 Å². The van der Waals surface area contributed by atoms with E-state index < -0.39 is 41.4 Å². The van der Waals surface area contributed by atoms with Gasteiger partial charge in [0.25, 0.3) is 0 Å². The van der Waals surface area contributed by atoms with E-state index in [0.29, 0.717) is 24.8 Å². The van der Waals surface area contributed by atoms with Crippen molar-refractivity contribution >= 4 is 17.6 Å². The van der Waals surface area contributed by atoms with E-state index >= 15 is 0 Å². The Morgan fingerprint density at radius 1 is 1.07 bits per heavy atom. The molecule has 14 heteroatoms. The summed E-state index contributed by atoms with van der Waals surface area (Å²) in [5, 5.41) is 17.9. The van der Waals surface area contributed by atoms with E-state index in [2.05, 4.69) is 11.6 Å². The van der Waals surface area contributed by atoms with Crippen LogP contribution in [0.2, 0.25) is 0 Å². The zero-order chi connectivity index (χ0) is 29.7. The average molecular weight is 574 g/mol. The van der Waals surface area contributed by atoms with Crippen LogP contribution in [0.15, 0.2) is 54.0 Å². The van der Waals surface area contributed by atoms with Gasteiger partial charge in [-0.15, -0.1) is 0 Å². The molecule has 0 spiro atoms. The first-order valence-electron chi connectivity index (χ1n) is 12.2. The molecule has 2 atom stereocenters. The SMILES string of the molecule is C=C(N=C(ON)[C@@H]1[C@@H](O)CCN1C(=N)N)c1ccc(OCCCCc2ccc(C(F)(F)F)cc2)c(C(F)(F)F)c1. The number of ether oxygens (including phenoxy) is 1. The molecule has 2 aromatic carbocycles. The Balaban J connectivity index is 1.66. The number of rotatable bonds is 9. The molecule has 3 rings (SSSR count). The molecular formula is C26H29F6N5O3. The smallest absolute Gasteiger partial charge is 0.419 e. The lowest BCUT2D eigenvalue weighted by Crippen LogP contribution is -2.49. The van der Waals surface area contributed by atoms with Crippen molar-refractivity contribution in [2.75, 3.05) is 13.2 Å². The summed E-state index contributed by atoms with van der Waals surface area (Å²) >= 11 is 0. The Bertz CT molecular complexity index is 1230. The van der Waals surface area contributed by atoms with Crippen molar-refractivity contribution in [3.05, 3.63) is 71.3 Å². The summed E-state index contributed by atoms with van der Waals surface area (Å²) in [5.74, 6) is 4.26. The van der Waals surface area contributed by atoms with Crippen LogP contribution in [0.3, 0.4) is 0 Å². The molecular weight excluding hydrogens is 544 g/mol. The number of nitrogens with zero attached hydrogens (tertiary/aromatic N) is 2. The van der Waals surface area contributed by atoms with Crippen LogP contribution in [0.25, 0.3) is 5.70 Å². The molecule has 0 bridgehead atoms. The summed E-state index contributed by atoms with van der Waals surface area (Å²) in [6.45, 7) is 3.87. The molecule has 40 heavy (non-hydrogen) atoms. The van der Waals surface area contributed by atoms with Crippen LogP contribution in [-0.2, 0) is 23.6 Å². The number of nitrogens with one attached hydrogen (secondary N) is 1. The number of nitrogens with two attached hydrogens (primary N) is 2. The molecule has 1 aliphatic heterocycles. The lowest BCUT2D eigenvalue weighted by atomic mass is 10.1. The molecule has 1 aliphatic rings. The summed E-state index contributed by atoms with van der Waals surface area (Å²) in [6.07, 6.45) is -8.68. The van der Waals surface area contributed by atoms with Crippen LogP contribution in [0.5, 0.6) is 5.75 Å². The fourth-order valence-electron chi connectivity index (χ4n) is 4.23. The summed E-state index contributed by atoms with van der Waals surface area (Å²) in [5.41, 5.74) is 4.22. The van der Waals surface area contributed by atoms with E-state index in [-0.39, 0.29) is 42.7 Å². The number of halogens is 6. The van der Waals surface area contributed by atoms with Crippen LogP contribution >= 0.6 is 0 Å². The van der Waals surface area contributed by atoms with E-state index in [4.69, 9.17) is 26.6 Å². The predicted molar refractivity (Wildman–Crippen MR) is 136 cm³/mol. The monoisotopic (exact) mass is 573 g/mol. The number of alkyl halides is 6. The van der Waals surface area contributed by atoms with Crippen LogP contribution in [0, 0.1) is 5.41 Å². The first-order valence-corrected chi connectivity index (χ1v) is 12.2. The normalized spacial score (nSPS) is 18.1. The van der Waals surface area contributed by atoms with Crippen molar-refractivity contribution in [1.29, 1.82) is 5.41 Å². The lowest BCUT2D eigenvalue weighted by Gasteiger charge is -2.26. The number of aryl methyl sites for hydroxylation is 1. The molecule has 218 valence electrons. The van der Waals surface area contributed by atoms with Crippen molar-refractivity contribution in [2.45, 2.75) is 50.2 Å². The van der Waals surface area contributed by atoms with Crippen LogP contribution in [-0.4, -0.2) is 47.2 Å². The Hall–Kier alpha value is -3.78. The second-order valence-electron chi connectivity index (χ2n) is 9.10. The topological polar surface area (TPSA) is 130 Å². The standard InChI is InChI=1S/C26H29F6N5O3/c1-15(36-23(40-35)22-20(38)11-12-37(22)24(33)34)17-7-10-21(19(14-17)26(30,31)32)39-13-3-2-4-16-5-8-18(9-6-16)25(27,28)29/h5-10,14,20,22,38H,1-4,11-13,35H2,(H3,33,34)/t20-,22-/m0/s1. The quantitative estimate of drug-likeness (QED) is 0.113. The van der Waals surface area contributed by atoms with E-state index in [9.17, 15) is 31.4 Å². The van der Waals surface area contributed by atoms with Gasteiger partial charge in [0.2, 0.25) is 5.90 Å². The molecule has 1 heterocycles. The minimum atomic E-state index is -4.77. The average Bonchev–Trinajstić information content (AvgIpc) is 3.27. The predicted octanol–water partition coefficient (Wildman–Crippen LogP) is 4.71. The molecule has 2 aromatic rings. The summed E-state index contributed by atoms with van der Waals surface area (Å²) in [7, 11) is 0. The molecule has 6 N–H and O–H groups in total. The van der Waals surface area contributed by atoms with E-state index in [1.807, 2.05) is 0 Å². The number of likely N-dealkylation sites (tertiary alicyclic amines) is 1. The molecule has 0 radical (unpaired) electrons. The highest BCUT2D eigenvalue weighted by Crippen LogP contribution is 2.38. The molecule has 1 saturated heterocycles. The third kappa shape index (κ3) is 7.66. The highest BCUT2D eigenvalue weighted by Gasteiger charge is 2.39. The van der Waals surface area contributed by atoms with Crippen molar-refractivity contribution in [2.24, 2.45) is 16.6 Å². The zero-order valence-corrected chi connectivity index (χ0v) is 21.2. The number of aliphatic imine (C=N–C) groups is 1. The Kier molecular flexibility index (Phi) is 9.69. The fourth-order valence-corrected chi connectivity index (χ4v) is 4.23. The Labute approximate surface area is 226 Å². The van der Waals surface area contributed by atoms with Crippen LogP contribution in [0.4, 0.5) is 26.3 Å². The number of unbranched alkanes of at least 4 members (excludes halogenated alkanes) is 1. The molecule has 0 aromatic heterocycles. The minimum Gasteiger partial charge on any atom is -0.493 e. The second kappa shape index (κ2) is 12.6. The highest BCUT2D eigenvalue weighted by atomic mass is 19.4. The molecule has 8 nitrogen and oxygen atoms in total. The molecule has 0 amide bonds. The van der Waals surface area contributed by atoms with Crippen molar-refractivity contribution < 1.29 is 41.0 Å². The van der Waals surface area contributed by atoms with Gasteiger partial charge < -0.3 is 25.3 Å². The number of guanidine groups is 1. The maximum Gasteiger partial charge on any atom is 0.419 e. The van der Waals surface area contributed by atoms with E-state index in [1.54, 1.807) is 0 Å². The van der Waals surface area contributed by atoms with Gasteiger partial charge >= 0.3 is 12.4 Å². The van der Waals surface area contributed by atoms with Gasteiger partial charge in [0.1, 0.15) is 11.8 Å². The van der Waals surface area contributed by atoms with Gasteiger partial charge in [-0.3, -0.25) is 5.41 Å². The zero-order valence-electron chi connectivity index (χ0n) is 21.2. The van der Waals surface area contributed by atoms with Gasteiger partial charge in [-0.1, -0.05) is 18.7 Å². The minimum absolute atomic E-state index is 0.0154. The van der Waals surface area contributed by atoms with Gasteiger partial charge in [0, 0.05) is 12.1 Å². The third-order valence-corrected chi connectivity index (χ3v) is 6.31. The van der Waals surface area contributed by atoms with Crippen LogP contribution < -0.4 is 16.4 Å².